The fraction of sp³-hybridized carbons (Fsp3) is 0.708. The van der Waals surface area contributed by atoms with E-state index in [0.29, 0.717) is 6.54 Å². The van der Waals surface area contributed by atoms with Crippen molar-refractivity contribution in [3.05, 3.63) is 29.8 Å². The highest BCUT2D eigenvalue weighted by Gasteiger charge is 2.28. The average molecular weight is 438 g/mol. The smallest absolute Gasteiger partial charge is 0.264 e. The van der Waals surface area contributed by atoms with E-state index in [1.165, 1.54) is 63.6 Å². The predicted molar refractivity (Wildman–Crippen MR) is 124 cm³/mol. The van der Waals surface area contributed by atoms with Crippen molar-refractivity contribution in [3.63, 3.8) is 0 Å². The van der Waals surface area contributed by atoms with E-state index in [-0.39, 0.29) is 11.5 Å². The van der Waals surface area contributed by atoms with Gasteiger partial charge in [-0.3, -0.25) is 13.7 Å². The lowest BCUT2D eigenvalue weighted by atomic mass is 10.1. The van der Waals surface area contributed by atoms with Crippen LogP contribution in [0.15, 0.2) is 29.2 Å². The number of likely N-dealkylation sites (N-methyl/N-ethyl adjacent to an activating group) is 1. The SMILES string of the molecule is CCCCCCCCCCCC1=[N+](C)CCN1CCOS(=O)(=O)c1ccc(C)cc1. The van der Waals surface area contributed by atoms with Gasteiger partial charge >= 0.3 is 0 Å². The topological polar surface area (TPSA) is 49.6 Å². The summed E-state index contributed by atoms with van der Waals surface area (Å²) < 4.78 is 32.3. The maximum Gasteiger partial charge on any atom is 0.297 e. The standard InChI is InChI=1S/C24H41N2O3S/c1-4-5-6-7-8-9-10-11-12-13-24-25(3)18-19-26(24)20-21-29-30(27,28)23-16-14-22(2)15-17-23/h14-17H,4-13,18-21H2,1-3H3/q+1. The molecule has 0 N–H and O–H groups in total. The molecule has 30 heavy (non-hydrogen) atoms. The Morgan fingerprint density at radius 1 is 0.967 bits per heavy atom. The maximum absolute atomic E-state index is 12.4. The zero-order valence-corrected chi connectivity index (χ0v) is 20.1. The van der Waals surface area contributed by atoms with Gasteiger partial charge in [-0.2, -0.15) is 8.42 Å². The van der Waals surface area contributed by atoms with Crippen molar-refractivity contribution in [2.24, 2.45) is 0 Å². The Kier molecular flexibility index (Phi) is 10.9. The lowest BCUT2D eigenvalue weighted by molar-refractivity contribution is -0.487. The molecule has 0 saturated heterocycles. The van der Waals surface area contributed by atoms with E-state index < -0.39 is 10.1 Å². The van der Waals surface area contributed by atoms with Crippen molar-refractivity contribution in [2.75, 3.05) is 33.3 Å². The van der Waals surface area contributed by atoms with E-state index in [4.69, 9.17) is 4.18 Å². The third-order valence-electron chi connectivity index (χ3n) is 5.92. The molecular weight excluding hydrogens is 396 g/mol. The third kappa shape index (κ3) is 8.38. The number of nitrogens with zero attached hydrogens (tertiary/aromatic N) is 2. The van der Waals surface area contributed by atoms with Gasteiger partial charge in [-0.25, -0.2) is 0 Å². The highest BCUT2D eigenvalue weighted by molar-refractivity contribution is 7.86. The summed E-state index contributed by atoms with van der Waals surface area (Å²) in [6.07, 6.45) is 13.0. The first kappa shape index (κ1) is 24.9. The Morgan fingerprint density at radius 3 is 2.20 bits per heavy atom. The molecule has 0 saturated carbocycles. The summed E-state index contributed by atoms with van der Waals surface area (Å²) in [5.41, 5.74) is 1.03. The summed E-state index contributed by atoms with van der Waals surface area (Å²) in [4.78, 5) is 2.51. The van der Waals surface area contributed by atoms with Crippen LogP contribution in [0.4, 0.5) is 0 Å². The average Bonchev–Trinajstić information content (AvgIpc) is 3.06. The van der Waals surface area contributed by atoms with Gasteiger partial charge in [0.1, 0.15) is 26.2 Å². The molecule has 1 aliphatic rings. The maximum atomic E-state index is 12.4. The van der Waals surface area contributed by atoms with Crippen LogP contribution in [0.5, 0.6) is 0 Å². The normalized spacial score (nSPS) is 14.7. The first-order valence-corrected chi connectivity index (χ1v) is 13.1. The van der Waals surface area contributed by atoms with Crippen LogP contribution in [-0.2, 0) is 14.3 Å². The highest BCUT2D eigenvalue weighted by atomic mass is 32.2. The number of benzene rings is 1. The number of hydrogen-bond donors (Lipinski definition) is 0. The van der Waals surface area contributed by atoms with Crippen molar-refractivity contribution >= 4 is 16.0 Å². The van der Waals surface area contributed by atoms with Crippen molar-refractivity contribution in [1.29, 1.82) is 0 Å². The molecule has 1 aromatic rings. The molecule has 0 bridgehead atoms. The Labute approximate surface area is 184 Å². The molecule has 2 rings (SSSR count). The fourth-order valence-corrected chi connectivity index (χ4v) is 4.88. The molecule has 6 heteroatoms. The van der Waals surface area contributed by atoms with Crippen LogP contribution in [0, 0.1) is 6.92 Å². The summed E-state index contributed by atoms with van der Waals surface area (Å²) in [6, 6.07) is 6.80. The van der Waals surface area contributed by atoms with E-state index in [0.717, 1.165) is 25.1 Å². The van der Waals surface area contributed by atoms with Crippen LogP contribution >= 0.6 is 0 Å². The Balaban J connectivity index is 1.67. The minimum absolute atomic E-state index is 0.186. The number of unbranched alkanes of at least 4 members (excludes halogenated alkanes) is 8. The van der Waals surface area contributed by atoms with Crippen LogP contribution < -0.4 is 0 Å². The number of amidine groups is 1. The van der Waals surface area contributed by atoms with E-state index >= 15 is 0 Å². The summed E-state index contributed by atoms with van der Waals surface area (Å²) in [7, 11) is -1.55. The highest BCUT2D eigenvalue weighted by Crippen LogP contribution is 2.15. The van der Waals surface area contributed by atoms with Crippen LogP contribution in [0.1, 0.15) is 76.7 Å². The van der Waals surface area contributed by atoms with Crippen molar-refractivity contribution in [3.8, 4) is 0 Å². The molecule has 170 valence electrons. The van der Waals surface area contributed by atoms with Gasteiger partial charge in [0, 0.05) is 6.42 Å². The van der Waals surface area contributed by atoms with Gasteiger partial charge in [-0.05, 0) is 25.5 Å². The molecule has 1 aliphatic heterocycles. The van der Waals surface area contributed by atoms with Crippen molar-refractivity contribution < 1.29 is 17.2 Å². The van der Waals surface area contributed by atoms with E-state index in [2.05, 4.69) is 23.4 Å². The monoisotopic (exact) mass is 437 g/mol. The molecule has 5 nitrogen and oxygen atoms in total. The van der Waals surface area contributed by atoms with Crippen LogP contribution in [-0.4, -0.2) is 57.0 Å². The molecule has 0 aromatic heterocycles. The molecule has 0 aliphatic carbocycles. The minimum Gasteiger partial charge on any atom is -0.264 e. The lowest BCUT2D eigenvalue weighted by Gasteiger charge is -2.14. The third-order valence-corrected chi connectivity index (χ3v) is 7.25. The minimum atomic E-state index is -3.69. The van der Waals surface area contributed by atoms with Gasteiger partial charge in [0.25, 0.3) is 10.1 Å². The van der Waals surface area contributed by atoms with Crippen molar-refractivity contribution in [1.82, 2.24) is 4.90 Å². The largest absolute Gasteiger partial charge is 0.297 e. The molecule has 0 fully saturated rings. The van der Waals surface area contributed by atoms with Gasteiger partial charge in [-0.15, -0.1) is 0 Å². The van der Waals surface area contributed by atoms with Crippen LogP contribution in [0.25, 0.3) is 0 Å². The van der Waals surface area contributed by atoms with Crippen LogP contribution in [0.2, 0.25) is 0 Å². The molecule has 0 spiro atoms. The second kappa shape index (κ2) is 13.1. The van der Waals surface area contributed by atoms with E-state index in [9.17, 15) is 8.42 Å². The van der Waals surface area contributed by atoms with Gasteiger partial charge in [0.05, 0.1) is 11.9 Å². The molecular formula is C24H41N2O3S+. The number of rotatable bonds is 15. The second-order valence-electron chi connectivity index (χ2n) is 8.49. The van der Waals surface area contributed by atoms with E-state index in [1.807, 2.05) is 6.92 Å². The summed E-state index contributed by atoms with van der Waals surface area (Å²) in [5, 5.41) is 0. The first-order chi connectivity index (χ1) is 14.4. The molecule has 0 atom stereocenters. The first-order valence-electron chi connectivity index (χ1n) is 11.7. The quantitative estimate of drug-likeness (QED) is 0.221. The fourth-order valence-electron chi connectivity index (χ4n) is 3.98. The Bertz CT molecular complexity index is 757. The Morgan fingerprint density at radius 2 is 1.57 bits per heavy atom. The number of hydrogen-bond acceptors (Lipinski definition) is 4. The molecule has 1 aromatic carbocycles. The lowest BCUT2D eigenvalue weighted by Crippen LogP contribution is -2.32. The van der Waals surface area contributed by atoms with Gasteiger partial charge in [-0.1, -0.05) is 76.0 Å². The summed E-state index contributed by atoms with van der Waals surface area (Å²) in [6.45, 7) is 6.93. The second-order valence-corrected chi connectivity index (χ2v) is 10.1. The zero-order chi connectivity index (χ0) is 21.8. The molecule has 0 amide bonds. The van der Waals surface area contributed by atoms with E-state index in [1.54, 1.807) is 24.3 Å². The summed E-state index contributed by atoms with van der Waals surface area (Å²) >= 11 is 0. The molecule has 0 radical (unpaired) electrons. The summed E-state index contributed by atoms with van der Waals surface area (Å²) in [5.74, 6) is 1.33. The number of aryl methyl sites for hydroxylation is 1. The zero-order valence-electron chi connectivity index (χ0n) is 19.2. The van der Waals surface area contributed by atoms with Gasteiger partial charge in [0.2, 0.25) is 5.84 Å². The van der Waals surface area contributed by atoms with Gasteiger partial charge < -0.3 is 0 Å². The van der Waals surface area contributed by atoms with Gasteiger partial charge in [0.15, 0.2) is 0 Å². The van der Waals surface area contributed by atoms with Crippen LogP contribution in [0.3, 0.4) is 0 Å². The Hall–Kier alpha value is -1.40. The molecule has 0 unspecified atom stereocenters. The predicted octanol–water partition coefficient (Wildman–Crippen LogP) is 4.98. The molecule has 1 heterocycles. The van der Waals surface area contributed by atoms with Crippen molar-refractivity contribution in [2.45, 2.75) is 83.0 Å².